The average Bonchev–Trinajstić information content (AvgIpc) is 2.96. The highest BCUT2D eigenvalue weighted by Crippen LogP contribution is 2.09. The Morgan fingerprint density at radius 1 is 1.62 bits per heavy atom. The standard InChI is InChI=1S/C15H21N3O3/c1-13-10-17(7-9-20-13)12-15(19)18(6-3-5-16)11-14-4-2-8-21-14/h2,4,8,13H,3,6-7,9-12H2,1H3/t13-/m1/s1. The quantitative estimate of drug-likeness (QED) is 0.788. The van der Waals surface area contributed by atoms with Gasteiger partial charge in [-0.15, -0.1) is 0 Å². The van der Waals surface area contributed by atoms with Crippen molar-refractivity contribution >= 4 is 5.91 Å². The van der Waals surface area contributed by atoms with Crippen LogP contribution < -0.4 is 0 Å². The number of hydrogen-bond donors (Lipinski definition) is 0. The molecule has 2 heterocycles. The molecule has 1 atom stereocenters. The second kappa shape index (κ2) is 7.81. The summed E-state index contributed by atoms with van der Waals surface area (Å²) in [6.07, 6.45) is 2.07. The Kier molecular flexibility index (Phi) is 5.78. The molecule has 2 rings (SSSR count). The lowest BCUT2D eigenvalue weighted by Gasteiger charge is -2.32. The molecular weight excluding hydrogens is 270 g/mol. The highest BCUT2D eigenvalue weighted by molar-refractivity contribution is 5.78. The highest BCUT2D eigenvalue weighted by atomic mass is 16.5. The van der Waals surface area contributed by atoms with Crippen molar-refractivity contribution in [2.24, 2.45) is 0 Å². The summed E-state index contributed by atoms with van der Waals surface area (Å²) in [5, 5.41) is 8.74. The second-order valence-electron chi connectivity index (χ2n) is 5.22. The zero-order valence-electron chi connectivity index (χ0n) is 12.3. The molecule has 1 aromatic rings. The first kappa shape index (κ1) is 15.5. The van der Waals surface area contributed by atoms with Crippen LogP contribution in [0.15, 0.2) is 22.8 Å². The zero-order chi connectivity index (χ0) is 15.1. The Balaban J connectivity index is 1.91. The molecule has 1 aliphatic rings. The van der Waals surface area contributed by atoms with Gasteiger partial charge in [-0.05, 0) is 19.1 Å². The molecule has 6 nitrogen and oxygen atoms in total. The number of nitrogens with zero attached hydrogens (tertiary/aromatic N) is 3. The van der Waals surface area contributed by atoms with E-state index in [1.807, 2.05) is 13.0 Å². The molecule has 0 aromatic carbocycles. The van der Waals surface area contributed by atoms with Gasteiger partial charge in [0.1, 0.15) is 5.76 Å². The van der Waals surface area contributed by atoms with Crippen molar-refractivity contribution < 1.29 is 13.9 Å². The van der Waals surface area contributed by atoms with Crippen LogP contribution in [0.3, 0.4) is 0 Å². The number of ether oxygens (including phenoxy) is 1. The molecule has 0 spiro atoms. The van der Waals surface area contributed by atoms with Crippen LogP contribution in [0, 0.1) is 11.3 Å². The molecule has 0 aliphatic carbocycles. The number of rotatable bonds is 6. The lowest BCUT2D eigenvalue weighted by atomic mass is 10.2. The highest BCUT2D eigenvalue weighted by Gasteiger charge is 2.22. The molecule has 21 heavy (non-hydrogen) atoms. The Morgan fingerprint density at radius 2 is 2.48 bits per heavy atom. The van der Waals surface area contributed by atoms with Gasteiger partial charge in [0.05, 0.1) is 44.6 Å². The molecule has 114 valence electrons. The third-order valence-corrected chi connectivity index (χ3v) is 3.46. The van der Waals surface area contributed by atoms with Gasteiger partial charge < -0.3 is 14.1 Å². The molecule has 0 radical (unpaired) electrons. The third-order valence-electron chi connectivity index (χ3n) is 3.46. The van der Waals surface area contributed by atoms with E-state index in [4.69, 9.17) is 14.4 Å². The number of carbonyl (C=O) groups is 1. The van der Waals surface area contributed by atoms with E-state index in [2.05, 4.69) is 11.0 Å². The van der Waals surface area contributed by atoms with E-state index in [1.165, 1.54) is 0 Å². The van der Waals surface area contributed by atoms with Gasteiger partial charge in [0, 0.05) is 19.6 Å². The molecule has 1 aliphatic heterocycles. The van der Waals surface area contributed by atoms with E-state index in [9.17, 15) is 4.79 Å². The Bertz CT molecular complexity index is 481. The van der Waals surface area contributed by atoms with E-state index in [-0.39, 0.29) is 12.0 Å². The molecule has 0 N–H and O–H groups in total. The predicted molar refractivity (Wildman–Crippen MR) is 76.2 cm³/mol. The minimum atomic E-state index is 0.0238. The number of furan rings is 1. The van der Waals surface area contributed by atoms with Crippen LogP contribution in [-0.2, 0) is 16.1 Å². The fourth-order valence-corrected chi connectivity index (χ4v) is 2.39. The smallest absolute Gasteiger partial charge is 0.237 e. The Morgan fingerprint density at radius 3 is 3.14 bits per heavy atom. The number of carbonyl (C=O) groups excluding carboxylic acids is 1. The van der Waals surface area contributed by atoms with Crippen LogP contribution in [0.25, 0.3) is 0 Å². The van der Waals surface area contributed by atoms with Gasteiger partial charge in [0.2, 0.25) is 5.91 Å². The first-order chi connectivity index (χ1) is 10.2. The maximum Gasteiger partial charge on any atom is 0.237 e. The summed E-state index contributed by atoms with van der Waals surface area (Å²) in [4.78, 5) is 16.2. The molecular formula is C15H21N3O3. The van der Waals surface area contributed by atoms with E-state index < -0.39 is 0 Å². The van der Waals surface area contributed by atoms with Crippen LogP contribution >= 0.6 is 0 Å². The fraction of sp³-hybridized carbons (Fsp3) is 0.600. The molecule has 1 fully saturated rings. The minimum Gasteiger partial charge on any atom is -0.467 e. The summed E-state index contributed by atoms with van der Waals surface area (Å²) >= 11 is 0. The summed E-state index contributed by atoms with van der Waals surface area (Å²) in [6.45, 7) is 5.39. The normalized spacial score (nSPS) is 19.1. The van der Waals surface area contributed by atoms with Gasteiger partial charge in [0.15, 0.2) is 0 Å². The van der Waals surface area contributed by atoms with Crippen LogP contribution in [0.2, 0.25) is 0 Å². The van der Waals surface area contributed by atoms with Crippen molar-refractivity contribution in [1.82, 2.24) is 9.80 Å². The molecule has 0 saturated carbocycles. The van der Waals surface area contributed by atoms with Crippen LogP contribution in [0.1, 0.15) is 19.1 Å². The fourth-order valence-electron chi connectivity index (χ4n) is 2.39. The van der Waals surface area contributed by atoms with Gasteiger partial charge in [-0.25, -0.2) is 0 Å². The van der Waals surface area contributed by atoms with Crippen LogP contribution in [0.4, 0.5) is 0 Å². The first-order valence-electron chi connectivity index (χ1n) is 7.20. The average molecular weight is 291 g/mol. The van der Waals surface area contributed by atoms with E-state index >= 15 is 0 Å². The molecule has 1 saturated heterocycles. The van der Waals surface area contributed by atoms with Crippen molar-refractivity contribution in [2.75, 3.05) is 32.8 Å². The van der Waals surface area contributed by atoms with Gasteiger partial charge in [-0.3, -0.25) is 9.69 Å². The molecule has 0 bridgehead atoms. The van der Waals surface area contributed by atoms with Crippen molar-refractivity contribution in [3.8, 4) is 6.07 Å². The first-order valence-corrected chi connectivity index (χ1v) is 7.20. The van der Waals surface area contributed by atoms with Crippen LogP contribution in [-0.4, -0.2) is 54.6 Å². The lowest BCUT2D eigenvalue weighted by molar-refractivity contribution is -0.135. The summed E-state index contributed by atoms with van der Waals surface area (Å²) in [5.41, 5.74) is 0. The maximum atomic E-state index is 12.4. The summed E-state index contributed by atoms with van der Waals surface area (Å²) in [7, 11) is 0. The molecule has 6 heteroatoms. The van der Waals surface area contributed by atoms with E-state index in [0.29, 0.717) is 32.7 Å². The lowest BCUT2D eigenvalue weighted by Crippen LogP contribution is -2.47. The molecule has 1 amide bonds. The molecule has 1 aromatic heterocycles. The number of amides is 1. The van der Waals surface area contributed by atoms with Gasteiger partial charge >= 0.3 is 0 Å². The van der Waals surface area contributed by atoms with Crippen molar-refractivity contribution in [3.63, 3.8) is 0 Å². The Labute approximate surface area is 124 Å². The monoisotopic (exact) mass is 291 g/mol. The summed E-state index contributed by atoms with van der Waals surface area (Å²) < 4.78 is 10.8. The van der Waals surface area contributed by atoms with Crippen molar-refractivity contribution in [3.05, 3.63) is 24.2 Å². The van der Waals surface area contributed by atoms with Crippen LogP contribution in [0.5, 0.6) is 0 Å². The predicted octanol–water partition coefficient (Wildman–Crippen LogP) is 1.24. The largest absolute Gasteiger partial charge is 0.467 e. The number of hydrogen-bond acceptors (Lipinski definition) is 5. The summed E-state index contributed by atoms with van der Waals surface area (Å²) in [6, 6.07) is 5.72. The third kappa shape index (κ3) is 4.88. The zero-order valence-corrected chi connectivity index (χ0v) is 12.3. The van der Waals surface area contributed by atoms with E-state index in [1.54, 1.807) is 17.2 Å². The SMILES string of the molecule is C[C@@H]1CN(CC(=O)N(CCC#N)Cc2ccco2)CCO1. The topological polar surface area (TPSA) is 69.7 Å². The Hall–Kier alpha value is -1.84. The van der Waals surface area contributed by atoms with Crippen molar-refractivity contribution in [2.45, 2.75) is 26.0 Å². The van der Waals surface area contributed by atoms with Crippen molar-refractivity contribution in [1.29, 1.82) is 5.26 Å². The number of nitriles is 1. The molecule has 0 unspecified atom stereocenters. The number of morpholine rings is 1. The van der Waals surface area contributed by atoms with Gasteiger partial charge in [-0.2, -0.15) is 5.26 Å². The maximum absolute atomic E-state index is 12.4. The minimum absolute atomic E-state index is 0.0238. The summed E-state index contributed by atoms with van der Waals surface area (Å²) in [5.74, 6) is 0.757. The van der Waals surface area contributed by atoms with Gasteiger partial charge in [-0.1, -0.05) is 0 Å². The van der Waals surface area contributed by atoms with Gasteiger partial charge in [0.25, 0.3) is 0 Å². The van der Waals surface area contributed by atoms with E-state index in [0.717, 1.165) is 18.8 Å². The second-order valence-corrected chi connectivity index (χ2v) is 5.22.